The Morgan fingerprint density at radius 3 is 2.64 bits per heavy atom. The first-order valence-corrected chi connectivity index (χ1v) is 8.58. The van der Waals surface area contributed by atoms with Crippen LogP contribution in [0.3, 0.4) is 0 Å². The van der Waals surface area contributed by atoms with Crippen LogP contribution in [-0.2, 0) is 15.6 Å². The molecule has 1 unspecified atom stereocenters. The summed E-state index contributed by atoms with van der Waals surface area (Å²) in [5.74, 6) is 0.338. The Kier molecular flexibility index (Phi) is 4.87. The SMILES string of the molecule is COc1ccc(C)cc1C(O)CS(=O)(=O)Cc1cc(C)on1. The smallest absolute Gasteiger partial charge is 0.159 e. The van der Waals surface area contributed by atoms with Gasteiger partial charge < -0.3 is 14.4 Å². The largest absolute Gasteiger partial charge is 0.496 e. The van der Waals surface area contributed by atoms with Gasteiger partial charge in [-0.05, 0) is 26.0 Å². The molecule has 7 heteroatoms. The van der Waals surface area contributed by atoms with E-state index in [1.165, 1.54) is 7.11 Å². The van der Waals surface area contributed by atoms with Crippen molar-refractivity contribution in [3.63, 3.8) is 0 Å². The lowest BCUT2D eigenvalue weighted by atomic mass is 10.1. The molecule has 0 saturated carbocycles. The fourth-order valence-corrected chi connectivity index (χ4v) is 3.58. The number of aliphatic hydroxyl groups is 1. The lowest BCUT2D eigenvalue weighted by Gasteiger charge is -2.15. The molecule has 0 aliphatic rings. The molecule has 120 valence electrons. The highest BCUT2D eigenvalue weighted by atomic mass is 32.2. The molecule has 1 aromatic heterocycles. The van der Waals surface area contributed by atoms with Gasteiger partial charge in [-0.3, -0.25) is 0 Å². The van der Waals surface area contributed by atoms with Crippen molar-refractivity contribution in [3.05, 3.63) is 46.8 Å². The highest BCUT2D eigenvalue weighted by Crippen LogP contribution is 2.27. The van der Waals surface area contributed by atoms with Gasteiger partial charge in [0.05, 0.1) is 30.4 Å². The third kappa shape index (κ3) is 4.08. The average Bonchev–Trinajstić information content (AvgIpc) is 2.82. The van der Waals surface area contributed by atoms with Crippen LogP contribution in [0.5, 0.6) is 5.75 Å². The summed E-state index contributed by atoms with van der Waals surface area (Å²) in [5, 5.41) is 13.9. The zero-order valence-corrected chi connectivity index (χ0v) is 13.6. The van der Waals surface area contributed by atoms with Crippen LogP contribution in [0.2, 0.25) is 0 Å². The number of hydrogen-bond donors (Lipinski definition) is 1. The predicted octanol–water partition coefficient (Wildman–Crippen LogP) is 1.95. The number of nitrogens with zero attached hydrogens (tertiary/aromatic N) is 1. The molecule has 0 amide bonds. The first-order chi connectivity index (χ1) is 10.3. The van der Waals surface area contributed by atoms with Crippen LogP contribution in [-0.4, -0.2) is 31.5 Å². The number of sulfone groups is 1. The molecule has 6 nitrogen and oxygen atoms in total. The Hall–Kier alpha value is -1.86. The molecule has 0 aliphatic carbocycles. The summed E-state index contributed by atoms with van der Waals surface area (Å²) < 4.78 is 34.4. The second-order valence-corrected chi connectivity index (χ2v) is 7.35. The van der Waals surface area contributed by atoms with Crippen molar-refractivity contribution < 1.29 is 22.8 Å². The van der Waals surface area contributed by atoms with Crippen LogP contribution < -0.4 is 4.74 Å². The van der Waals surface area contributed by atoms with Crippen molar-refractivity contribution in [2.45, 2.75) is 25.7 Å². The van der Waals surface area contributed by atoms with E-state index >= 15 is 0 Å². The molecule has 1 heterocycles. The fourth-order valence-electron chi connectivity index (χ4n) is 2.21. The van der Waals surface area contributed by atoms with Crippen LogP contribution >= 0.6 is 0 Å². The van der Waals surface area contributed by atoms with Gasteiger partial charge in [0.15, 0.2) is 9.84 Å². The maximum atomic E-state index is 12.2. The van der Waals surface area contributed by atoms with Crippen molar-refractivity contribution in [3.8, 4) is 5.75 Å². The molecular formula is C15H19NO5S. The summed E-state index contributed by atoms with van der Waals surface area (Å²) in [6.45, 7) is 3.55. The van der Waals surface area contributed by atoms with E-state index in [-0.39, 0.29) is 5.75 Å². The molecule has 0 saturated heterocycles. The molecule has 2 aromatic rings. The van der Waals surface area contributed by atoms with E-state index < -0.39 is 21.7 Å². The van der Waals surface area contributed by atoms with Gasteiger partial charge in [-0.1, -0.05) is 16.8 Å². The lowest BCUT2D eigenvalue weighted by Crippen LogP contribution is -2.17. The third-order valence-corrected chi connectivity index (χ3v) is 4.76. The monoisotopic (exact) mass is 325 g/mol. The molecule has 22 heavy (non-hydrogen) atoms. The summed E-state index contributed by atoms with van der Waals surface area (Å²) in [7, 11) is -2.05. The minimum atomic E-state index is -3.53. The molecule has 1 aromatic carbocycles. The molecule has 2 rings (SSSR count). The van der Waals surface area contributed by atoms with Crippen LogP contribution in [0.1, 0.15) is 28.7 Å². The van der Waals surface area contributed by atoms with Gasteiger partial charge in [-0.15, -0.1) is 0 Å². The molecule has 0 radical (unpaired) electrons. The summed E-state index contributed by atoms with van der Waals surface area (Å²) in [5.41, 5.74) is 1.71. The first-order valence-electron chi connectivity index (χ1n) is 6.76. The zero-order valence-electron chi connectivity index (χ0n) is 12.7. The number of aryl methyl sites for hydroxylation is 2. The number of ether oxygens (including phenoxy) is 1. The minimum absolute atomic E-state index is 0.268. The fraction of sp³-hybridized carbons (Fsp3) is 0.400. The van der Waals surface area contributed by atoms with Crippen LogP contribution in [0.4, 0.5) is 0 Å². The minimum Gasteiger partial charge on any atom is -0.496 e. The number of methoxy groups -OCH3 is 1. The van der Waals surface area contributed by atoms with Gasteiger partial charge >= 0.3 is 0 Å². The normalized spacial score (nSPS) is 13.1. The number of benzene rings is 1. The standard InChI is InChI=1S/C15H19NO5S/c1-10-4-5-15(20-3)13(6-10)14(17)9-22(18,19)8-12-7-11(2)21-16-12/h4-7,14,17H,8-9H2,1-3H3. The van der Waals surface area contributed by atoms with Gasteiger partial charge in [0.1, 0.15) is 11.5 Å². The van der Waals surface area contributed by atoms with Gasteiger partial charge in [0, 0.05) is 11.6 Å². The topological polar surface area (TPSA) is 89.6 Å². The second kappa shape index (κ2) is 6.50. The Labute approximate surface area is 129 Å². The Balaban J connectivity index is 2.17. The quantitative estimate of drug-likeness (QED) is 0.873. The molecule has 0 fully saturated rings. The number of rotatable bonds is 6. The number of aromatic nitrogens is 1. The second-order valence-electron chi connectivity index (χ2n) is 5.24. The molecule has 0 aliphatic heterocycles. The highest BCUT2D eigenvalue weighted by molar-refractivity contribution is 7.90. The van der Waals surface area contributed by atoms with E-state index in [2.05, 4.69) is 5.16 Å². The summed E-state index contributed by atoms with van der Waals surface area (Å²) >= 11 is 0. The van der Waals surface area contributed by atoms with Crippen molar-refractivity contribution >= 4 is 9.84 Å². The molecule has 1 atom stereocenters. The van der Waals surface area contributed by atoms with E-state index in [0.29, 0.717) is 22.8 Å². The molecule has 0 spiro atoms. The van der Waals surface area contributed by atoms with E-state index in [1.807, 2.05) is 13.0 Å². The van der Waals surface area contributed by atoms with Crippen molar-refractivity contribution in [1.82, 2.24) is 5.16 Å². The molecule has 0 bridgehead atoms. The molecular weight excluding hydrogens is 306 g/mol. The maximum absolute atomic E-state index is 12.2. The molecule has 1 N–H and O–H groups in total. The van der Waals surface area contributed by atoms with Gasteiger partial charge in [0.25, 0.3) is 0 Å². The third-order valence-electron chi connectivity index (χ3n) is 3.20. The van der Waals surface area contributed by atoms with Gasteiger partial charge in [-0.2, -0.15) is 0 Å². The van der Waals surface area contributed by atoms with E-state index in [9.17, 15) is 13.5 Å². The highest BCUT2D eigenvalue weighted by Gasteiger charge is 2.23. The van der Waals surface area contributed by atoms with Crippen LogP contribution in [0.15, 0.2) is 28.8 Å². The average molecular weight is 325 g/mol. The van der Waals surface area contributed by atoms with Crippen LogP contribution in [0.25, 0.3) is 0 Å². The summed E-state index contributed by atoms with van der Waals surface area (Å²) in [6.07, 6.45) is -1.16. The predicted molar refractivity (Wildman–Crippen MR) is 81.4 cm³/mol. The van der Waals surface area contributed by atoms with Crippen molar-refractivity contribution in [2.24, 2.45) is 0 Å². The zero-order chi connectivity index (χ0) is 16.3. The number of aliphatic hydroxyl groups excluding tert-OH is 1. The Bertz CT molecular complexity index is 751. The number of hydrogen-bond acceptors (Lipinski definition) is 6. The lowest BCUT2D eigenvalue weighted by molar-refractivity contribution is 0.196. The summed E-state index contributed by atoms with van der Waals surface area (Å²) in [6, 6.07) is 6.83. The van der Waals surface area contributed by atoms with Gasteiger partial charge in [0.2, 0.25) is 0 Å². The Morgan fingerprint density at radius 1 is 1.32 bits per heavy atom. The van der Waals surface area contributed by atoms with Crippen LogP contribution in [0, 0.1) is 13.8 Å². The van der Waals surface area contributed by atoms with E-state index in [1.54, 1.807) is 25.1 Å². The van der Waals surface area contributed by atoms with E-state index in [0.717, 1.165) is 5.56 Å². The maximum Gasteiger partial charge on any atom is 0.159 e. The van der Waals surface area contributed by atoms with E-state index in [4.69, 9.17) is 9.26 Å². The summed E-state index contributed by atoms with van der Waals surface area (Å²) in [4.78, 5) is 0. The Morgan fingerprint density at radius 2 is 2.05 bits per heavy atom. The van der Waals surface area contributed by atoms with Gasteiger partial charge in [-0.25, -0.2) is 8.42 Å². The first kappa shape index (κ1) is 16.5. The van der Waals surface area contributed by atoms with Crippen molar-refractivity contribution in [2.75, 3.05) is 12.9 Å². The van der Waals surface area contributed by atoms with Crippen molar-refractivity contribution in [1.29, 1.82) is 0 Å².